The Morgan fingerprint density at radius 1 is 1.33 bits per heavy atom. The Morgan fingerprint density at radius 3 is 2.93 bits per heavy atom. The van der Waals surface area contributed by atoms with Crippen molar-refractivity contribution < 1.29 is 4.79 Å². The van der Waals surface area contributed by atoms with Crippen LogP contribution in [-0.4, -0.2) is 15.5 Å². The molecule has 0 aliphatic heterocycles. The van der Waals surface area contributed by atoms with E-state index in [9.17, 15) is 9.59 Å². The molecule has 1 atom stereocenters. The molecule has 1 amide bonds. The lowest BCUT2D eigenvalue weighted by atomic mass is 10.1. The molecule has 27 heavy (non-hydrogen) atoms. The number of hydrogen-bond donors (Lipinski definition) is 2. The average molecular weight is 400 g/mol. The molecule has 1 unspecified atom stereocenters. The fraction of sp³-hybridized carbons (Fsp3) is 0.250. The minimum Gasteiger partial charge on any atom is -0.345 e. The SMILES string of the molecule is CCn1c(=S)[nH]c2cc(C(=O)NC3CCc4cc(Cl)ccc43)ccc2c1=O. The lowest BCUT2D eigenvalue weighted by Gasteiger charge is -2.15. The van der Waals surface area contributed by atoms with Gasteiger partial charge in [-0.15, -0.1) is 0 Å². The Balaban J connectivity index is 1.65. The third-order valence-electron chi connectivity index (χ3n) is 5.05. The quantitative estimate of drug-likeness (QED) is 0.650. The van der Waals surface area contributed by atoms with E-state index in [2.05, 4.69) is 10.3 Å². The molecule has 7 heteroatoms. The standard InChI is InChI=1S/C20H18ClN3O2S/c1-2-24-19(26)15-6-3-12(10-17(15)23-20(24)27)18(25)22-16-8-4-11-9-13(21)5-7-14(11)16/h3,5-7,9-10,16H,2,4,8H2,1H3,(H,22,25)(H,23,27). The zero-order valence-corrected chi connectivity index (χ0v) is 16.3. The molecule has 0 saturated heterocycles. The van der Waals surface area contributed by atoms with E-state index in [4.69, 9.17) is 23.8 Å². The largest absolute Gasteiger partial charge is 0.345 e. The van der Waals surface area contributed by atoms with Gasteiger partial charge in [-0.3, -0.25) is 14.2 Å². The van der Waals surface area contributed by atoms with Crippen LogP contribution in [0.25, 0.3) is 10.9 Å². The fourth-order valence-electron chi connectivity index (χ4n) is 3.66. The fourth-order valence-corrected chi connectivity index (χ4v) is 4.18. The minimum absolute atomic E-state index is 0.0351. The minimum atomic E-state index is -0.177. The summed E-state index contributed by atoms with van der Waals surface area (Å²) in [5, 5.41) is 4.31. The number of halogens is 1. The van der Waals surface area contributed by atoms with Gasteiger partial charge in [-0.2, -0.15) is 0 Å². The molecule has 0 bridgehead atoms. The van der Waals surface area contributed by atoms with Crippen LogP contribution < -0.4 is 10.9 Å². The van der Waals surface area contributed by atoms with Gasteiger partial charge in [-0.25, -0.2) is 0 Å². The van der Waals surface area contributed by atoms with Crippen LogP contribution in [0, 0.1) is 4.77 Å². The molecule has 1 aliphatic rings. The van der Waals surface area contributed by atoms with Gasteiger partial charge in [0.2, 0.25) is 0 Å². The number of amides is 1. The first-order chi connectivity index (χ1) is 13.0. The third kappa shape index (κ3) is 3.19. The van der Waals surface area contributed by atoms with Crippen LogP contribution in [0.4, 0.5) is 0 Å². The zero-order chi connectivity index (χ0) is 19.1. The van der Waals surface area contributed by atoms with Gasteiger partial charge < -0.3 is 10.3 Å². The summed E-state index contributed by atoms with van der Waals surface area (Å²) in [4.78, 5) is 28.3. The van der Waals surface area contributed by atoms with Gasteiger partial charge in [0.15, 0.2) is 4.77 Å². The number of nitrogens with zero attached hydrogens (tertiary/aromatic N) is 1. The summed E-state index contributed by atoms with van der Waals surface area (Å²) in [5.41, 5.74) is 3.20. The van der Waals surface area contributed by atoms with Crippen LogP contribution in [0.5, 0.6) is 0 Å². The number of fused-ring (bicyclic) bond motifs is 2. The average Bonchev–Trinajstić information content (AvgIpc) is 3.03. The second-order valence-electron chi connectivity index (χ2n) is 6.65. The molecule has 2 aromatic carbocycles. The van der Waals surface area contributed by atoms with Crippen molar-refractivity contribution in [3.05, 3.63) is 73.2 Å². The molecular weight excluding hydrogens is 382 g/mol. The van der Waals surface area contributed by atoms with Gasteiger partial charge in [0.05, 0.1) is 16.9 Å². The predicted molar refractivity (Wildman–Crippen MR) is 109 cm³/mol. The first-order valence-electron chi connectivity index (χ1n) is 8.84. The topological polar surface area (TPSA) is 66.9 Å². The molecule has 5 nitrogen and oxygen atoms in total. The van der Waals surface area contributed by atoms with Gasteiger partial charge in [0.25, 0.3) is 11.5 Å². The summed E-state index contributed by atoms with van der Waals surface area (Å²) in [6.45, 7) is 2.36. The van der Waals surface area contributed by atoms with E-state index in [-0.39, 0.29) is 17.5 Å². The summed E-state index contributed by atoms with van der Waals surface area (Å²) in [6, 6.07) is 10.8. The first-order valence-corrected chi connectivity index (χ1v) is 9.62. The first kappa shape index (κ1) is 17.9. The van der Waals surface area contributed by atoms with Gasteiger partial charge in [0, 0.05) is 17.1 Å². The Labute approximate surface area is 166 Å². The number of aromatic amines is 1. The molecule has 0 radical (unpaired) electrons. The molecule has 1 heterocycles. The van der Waals surface area contributed by atoms with Gasteiger partial charge in [0.1, 0.15) is 0 Å². The van der Waals surface area contributed by atoms with Crippen LogP contribution >= 0.6 is 23.8 Å². The smallest absolute Gasteiger partial charge is 0.262 e. The highest BCUT2D eigenvalue weighted by Gasteiger charge is 2.24. The van der Waals surface area contributed by atoms with Gasteiger partial charge >= 0.3 is 0 Å². The van der Waals surface area contributed by atoms with E-state index in [1.165, 1.54) is 10.1 Å². The molecule has 0 fully saturated rings. The van der Waals surface area contributed by atoms with Crippen molar-refractivity contribution in [1.29, 1.82) is 0 Å². The summed E-state index contributed by atoms with van der Waals surface area (Å²) >= 11 is 11.3. The molecule has 3 aromatic rings. The highest BCUT2D eigenvalue weighted by Crippen LogP contribution is 2.33. The number of aryl methyl sites for hydroxylation is 1. The highest BCUT2D eigenvalue weighted by atomic mass is 35.5. The van der Waals surface area contributed by atoms with E-state index < -0.39 is 0 Å². The Bertz CT molecular complexity index is 1180. The Hall–Kier alpha value is -2.44. The number of aromatic nitrogens is 2. The molecule has 1 aliphatic carbocycles. The van der Waals surface area contributed by atoms with Crippen molar-refractivity contribution in [2.45, 2.75) is 32.4 Å². The Kier molecular flexibility index (Phi) is 4.61. The summed E-state index contributed by atoms with van der Waals surface area (Å²) in [5.74, 6) is -0.177. The predicted octanol–water partition coefficient (Wildman–Crippen LogP) is 4.15. The molecular formula is C20H18ClN3O2S. The monoisotopic (exact) mass is 399 g/mol. The van der Waals surface area contributed by atoms with Crippen LogP contribution in [0.15, 0.2) is 41.2 Å². The normalized spacial score (nSPS) is 15.7. The highest BCUT2D eigenvalue weighted by molar-refractivity contribution is 7.71. The van der Waals surface area contributed by atoms with Gasteiger partial charge in [-0.05, 0) is 73.4 Å². The maximum absolute atomic E-state index is 12.8. The summed E-state index contributed by atoms with van der Waals surface area (Å²) in [7, 11) is 0. The number of benzene rings is 2. The van der Waals surface area contributed by atoms with E-state index in [0.29, 0.717) is 32.8 Å². The van der Waals surface area contributed by atoms with E-state index in [1.807, 2.05) is 25.1 Å². The lowest BCUT2D eigenvalue weighted by molar-refractivity contribution is 0.0937. The Morgan fingerprint density at radius 2 is 2.15 bits per heavy atom. The molecule has 0 spiro atoms. The number of carbonyl (C=O) groups is 1. The van der Waals surface area contributed by atoms with E-state index >= 15 is 0 Å². The molecule has 0 saturated carbocycles. The molecule has 4 rings (SSSR count). The molecule has 1 aromatic heterocycles. The molecule has 138 valence electrons. The van der Waals surface area contributed by atoms with Crippen LogP contribution in [0.2, 0.25) is 5.02 Å². The van der Waals surface area contributed by atoms with Crippen molar-refractivity contribution in [2.24, 2.45) is 0 Å². The number of rotatable bonds is 3. The number of H-pyrrole nitrogens is 1. The second-order valence-corrected chi connectivity index (χ2v) is 7.47. The number of hydrogen-bond acceptors (Lipinski definition) is 3. The van der Waals surface area contributed by atoms with Crippen molar-refractivity contribution in [3.8, 4) is 0 Å². The summed E-state index contributed by atoms with van der Waals surface area (Å²) in [6.07, 6.45) is 1.74. The van der Waals surface area contributed by atoms with Crippen molar-refractivity contribution in [3.63, 3.8) is 0 Å². The van der Waals surface area contributed by atoms with Gasteiger partial charge in [-0.1, -0.05) is 17.7 Å². The van der Waals surface area contributed by atoms with Crippen molar-refractivity contribution in [1.82, 2.24) is 14.9 Å². The van der Waals surface area contributed by atoms with Crippen molar-refractivity contribution >= 4 is 40.6 Å². The van der Waals surface area contributed by atoms with E-state index in [1.54, 1.807) is 18.2 Å². The van der Waals surface area contributed by atoms with Crippen LogP contribution in [0.3, 0.4) is 0 Å². The maximum Gasteiger partial charge on any atom is 0.262 e. The van der Waals surface area contributed by atoms with Crippen molar-refractivity contribution in [2.75, 3.05) is 0 Å². The van der Waals surface area contributed by atoms with Crippen LogP contribution in [0.1, 0.15) is 40.9 Å². The molecule has 2 N–H and O–H groups in total. The summed E-state index contributed by atoms with van der Waals surface area (Å²) < 4.78 is 1.85. The zero-order valence-electron chi connectivity index (χ0n) is 14.7. The second kappa shape index (κ2) is 6.94. The van der Waals surface area contributed by atoms with Crippen LogP contribution in [-0.2, 0) is 13.0 Å². The maximum atomic E-state index is 12.8. The lowest BCUT2D eigenvalue weighted by Crippen LogP contribution is -2.27. The number of nitrogens with one attached hydrogen (secondary N) is 2. The van der Waals surface area contributed by atoms with E-state index in [0.717, 1.165) is 18.4 Å². The third-order valence-corrected chi connectivity index (χ3v) is 5.61. The number of carbonyl (C=O) groups excluding carboxylic acids is 1.